The van der Waals surface area contributed by atoms with E-state index in [9.17, 15) is 0 Å². The summed E-state index contributed by atoms with van der Waals surface area (Å²) in [6.07, 6.45) is 7.65. The standard InChI is InChI=1S/C18H16N4/c1-2-6-16-20-18-17(13-7-4-3-5-8-13)15-9-10-19-11-14(15)12-22(18)21-16/h3-5,7-12H,2,6H2,1H3. The van der Waals surface area contributed by atoms with Gasteiger partial charge in [-0.05, 0) is 23.4 Å². The first kappa shape index (κ1) is 13.0. The maximum absolute atomic E-state index is 4.76. The predicted molar refractivity (Wildman–Crippen MR) is 87.7 cm³/mol. The van der Waals surface area contributed by atoms with Crippen LogP contribution < -0.4 is 0 Å². The summed E-state index contributed by atoms with van der Waals surface area (Å²) in [5.41, 5.74) is 3.18. The van der Waals surface area contributed by atoms with Gasteiger partial charge < -0.3 is 0 Å². The maximum Gasteiger partial charge on any atom is 0.164 e. The van der Waals surface area contributed by atoms with Crippen LogP contribution in [-0.2, 0) is 6.42 Å². The smallest absolute Gasteiger partial charge is 0.164 e. The van der Waals surface area contributed by atoms with Crippen molar-refractivity contribution >= 4 is 16.4 Å². The second kappa shape index (κ2) is 5.22. The molecule has 4 aromatic rings. The fourth-order valence-corrected chi connectivity index (χ4v) is 2.84. The SMILES string of the molecule is CCCc1nc2c(-c3ccccc3)c3ccncc3cn2n1. The molecule has 0 amide bonds. The molecule has 22 heavy (non-hydrogen) atoms. The van der Waals surface area contributed by atoms with Gasteiger partial charge in [-0.2, -0.15) is 5.10 Å². The molecule has 0 saturated heterocycles. The summed E-state index contributed by atoms with van der Waals surface area (Å²) in [5, 5.41) is 6.84. The van der Waals surface area contributed by atoms with E-state index in [2.05, 4.69) is 41.3 Å². The van der Waals surface area contributed by atoms with E-state index in [1.54, 1.807) is 0 Å². The highest BCUT2D eigenvalue weighted by molar-refractivity contribution is 6.01. The Labute approximate surface area is 128 Å². The van der Waals surface area contributed by atoms with E-state index in [0.717, 1.165) is 46.2 Å². The third-order valence-corrected chi connectivity index (χ3v) is 3.82. The number of hydrogen-bond donors (Lipinski definition) is 0. The van der Waals surface area contributed by atoms with E-state index < -0.39 is 0 Å². The molecule has 3 aromatic heterocycles. The molecule has 0 spiro atoms. The highest BCUT2D eigenvalue weighted by atomic mass is 15.3. The van der Waals surface area contributed by atoms with Gasteiger partial charge in [-0.1, -0.05) is 37.3 Å². The van der Waals surface area contributed by atoms with Crippen LogP contribution in [0.15, 0.2) is 55.0 Å². The number of pyridine rings is 2. The molecule has 4 nitrogen and oxygen atoms in total. The molecule has 1 aromatic carbocycles. The van der Waals surface area contributed by atoms with Crippen molar-refractivity contribution in [2.24, 2.45) is 0 Å². The third kappa shape index (κ3) is 2.04. The van der Waals surface area contributed by atoms with Gasteiger partial charge in [-0.15, -0.1) is 0 Å². The lowest BCUT2D eigenvalue weighted by Crippen LogP contribution is -1.93. The molecule has 0 aliphatic rings. The van der Waals surface area contributed by atoms with Crippen LogP contribution in [0.3, 0.4) is 0 Å². The van der Waals surface area contributed by atoms with E-state index in [1.807, 2.05) is 35.2 Å². The van der Waals surface area contributed by atoms with Crippen LogP contribution in [0.25, 0.3) is 27.5 Å². The van der Waals surface area contributed by atoms with Gasteiger partial charge in [0.2, 0.25) is 0 Å². The van der Waals surface area contributed by atoms with Gasteiger partial charge in [0.1, 0.15) is 0 Å². The highest BCUT2D eigenvalue weighted by Gasteiger charge is 2.13. The molecule has 0 aliphatic carbocycles. The Kier molecular flexibility index (Phi) is 3.07. The van der Waals surface area contributed by atoms with Gasteiger partial charge >= 0.3 is 0 Å². The topological polar surface area (TPSA) is 43.1 Å². The minimum Gasteiger partial charge on any atom is -0.264 e. The summed E-state index contributed by atoms with van der Waals surface area (Å²) in [7, 11) is 0. The minimum atomic E-state index is 0.892. The van der Waals surface area contributed by atoms with Crippen molar-refractivity contribution in [3.05, 3.63) is 60.8 Å². The number of benzene rings is 1. The molecule has 0 N–H and O–H groups in total. The fraction of sp³-hybridized carbons (Fsp3) is 0.167. The zero-order valence-electron chi connectivity index (χ0n) is 12.4. The lowest BCUT2D eigenvalue weighted by atomic mass is 10.0. The van der Waals surface area contributed by atoms with Gasteiger partial charge in [0, 0.05) is 36.0 Å². The van der Waals surface area contributed by atoms with E-state index in [4.69, 9.17) is 4.98 Å². The molecule has 0 radical (unpaired) electrons. The van der Waals surface area contributed by atoms with Crippen molar-refractivity contribution in [2.45, 2.75) is 19.8 Å². The summed E-state index contributed by atoms with van der Waals surface area (Å²) >= 11 is 0. The quantitative estimate of drug-likeness (QED) is 0.574. The Morgan fingerprint density at radius 3 is 2.77 bits per heavy atom. The molecular weight excluding hydrogens is 272 g/mol. The average molecular weight is 288 g/mol. The van der Waals surface area contributed by atoms with Crippen molar-refractivity contribution in [3.63, 3.8) is 0 Å². The zero-order chi connectivity index (χ0) is 14.9. The maximum atomic E-state index is 4.76. The second-order valence-electron chi connectivity index (χ2n) is 5.38. The van der Waals surface area contributed by atoms with Crippen LogP contribution in [0.1, 0.15) is 19.2 Å². The van der Waals surface area contributed by atoms with Gasteiger partial charge in [0.15, 0.2) is 11.5 Å². The van der Waals surface area contributed by atoms with Gasteiger partial charge in [0.05, 0.1) is 0 Å². The second-order valence-corrected chi connectivity index (χ2v) is 5.38. The largest absolute Gasteiger partial charge is 0.264 e. The summed E-state index contributed by atoms with van der Waals surface area (Å²) in [4.78, 5) is 9.00. The van der Waals surface area contributed by atoms with Crippen LogP contribution in [0.4, 0.5) is 0 Å². The first-order valence-electron chi connectivity index (χ1n) is 7.54. The van der Waals surface area contributed by atoms with Crippen LogP contribution in [-0.4, -0.2) is 19.6 Å². The molecule has 0 unspecified atom stereocenters. The lowest BCUT2D eigenvalue weighted by molar-refractivity contribution is 0.820. The van der Waals surface area contributed by atoms with Crippen molar-refractivity contribution in [1.29, 1.82) is 0 Å². The fourth-order valence-electron chi connectivity index (χ4n) is 2.84. The molecule has 0 aliphatic heterocycles. The van der Waals surface area contributed by atoms with Crippen LogP contribution in [0, 0.1) is 0 Å². The van der Waals surface area contributed by atoms with Crippen molar-refractivity contribution in [3.8, 4) is 11.1 Å². The first-order chi connectivity index (χ1) is 10.9. The predicted octanol–water partition coefficient (Wildman–Crippen LogP) is 3.90. The van der Waals surface area contributed by atoms with Gasteiger partial charge in [-0.25, -0.2) is 9.50 Å². The van der Waals surface area contributed by atoms with Gasteiger partial charge in [-0.3, -0.25) is 4.98 Å². The summed E-state index contributed by atoms with van der Waals surface area (Å²) in [6, 6.07) is 12.4. The Balaban J connectivity index is 2.11. The third-order valence-electron chi connectivity index (χ3n) is 3.82. The number of aryl methyl sites for hydroxylation is 1. The van der Waals surface area contributed by atoms with Crippen LogP contribution in [0.2, 0.25) is 0 Å². The van der Waals surface area contributed by atoms with Crippen LogP contribution in [0.5, 0.6) is 0 Å². The first-order valence-corrected chi connectivity index (χ1v) is 7.54. The zero-order valence-corrected chi connectivity index (χ0v) is 12.4. The van der Waals surface area contributed by atoms with E-state index in [0.29, 0.717) is 0 Å². The number of hydrogen-bond acceptors (Lipinski definition) is 3. The molecule has 0 bridgehead atoms. The number of aromatic nitrogens is 4. The molecule has 4 heteroatoms. The molecule has 3 heterocycles. The van der Waals surface area contributed by atoms with Crippen molar-refractivity contribution < 1.29 is 0 Å². The molecule has 108 valence electrons. The molecule has 0 fully saturated rings. The molecular formula is C18H16N4. The average Bonchev–Trinajstić information content (AvgIpc) is 2.95. The molecule has 0 saturated carbocycles. The van der Waals surface area contributed by atoms with Crippen molar-refractivity contribution in [1.82, 2.24) is 19.6 Å². The Bertz CT molecular complexity index is 941. The van der Waals surface area contributed by atoms with E-state index >= 15 is 0 Å². The number of fused-ring (bicyclic) bond motifs is 2. The number of rotatable bonds is 3. The molecule has 0 atom stereocenters. The lowest BCUT2D eigenvalue weighted by Gasteiger charge is -2.08. The summed E-state index contributed by atoms with van der Waals surface area (Å²) in [5.74, 6) is 0.892. The van der Waals surface area contributed by atoms with E-state index in [-0.39, 0.29) is 0 Å². The van der Waals surface area contributed by atoms with E-state index in [1.165, 1.54) is 0 Å². The summed E-state index contributed by atoms with van der Waals surface area (Å²) < 4.78 is 1.89. The Morgan fingerprint density at radius 1 is 1.09 bits per heavy atom. The van der Waals surface area contributed by atoms with Crippen molar-refractivity contribution in [2.75, 3.05) is 0 Å². The Morgan fingerprint density at radius 2 is 1.95 bits per heavy atom. The highest BCUT2D eigenvalue weighted by Crippen LogP contribution is 2.31. The number of nitrogens with zero attached hydrogens (tertiary/aromatic N) is 4. The van der Waals surface area contributed by atoms with Gasteiger partial charge in [0.25, 0.3) is 0 Å². The Hall–Kier alpha value is -2.75. The normalized spacial score (nSPS) is 11.3. The minimum absolute atomic E-state index is 0.892. The monoisotopic (exact) mass is 288 g/mol. The molecule has 4 rings (SSSR count). The summed E-state index contributed by atoms with van der Waals surface area (Å²) in [6.45, 7) is 2.14. The van der Waals surface area contributed by atoms with Crippen LogP contribution >= 0.6 is 0 Å².